The molecule has 4 heterocycles. The minimum Gasteiger partial charge on any atom is -0.444 e. The maximum Gasteiger partial charge on any atom is 0.410 e. The average molecular weight is 437 g/mol. The van der Waals surface area contributed by atoms with Crippen molar-refractivity contribution in [3.05, 3.63) is 33.9 Å². The van der Waals surface area contributed by atoms with Crippen molar-refractivity contribution in [2.45, 2.75) is 57.6 Å². The van der Waals surface area contributed by atoms with E-state index in [1.54, 1.807) is 25.7 Å². The molecule has 0 saturated carbocycles. The Labute approximate surface area is 177 Å². The van der Waals surface area contributed by atoms with Crippen LogP contribution in [0.3, 0.4) is 0 Å². The molecule has 2 unspecified atom stereocenters. The zero-order valence-electron chi connectivity index (χ0n) is 17.6. The molecule has 11 heteroatoms. The number of rotatable bonds is 2. The van der Waals surface area contributed by atoms with Gasteiger partial charge in [-0.3, -0.25) is 9.59 Å². The first-order valence-electron chi connectivity index (χ1n) is 10.2. The molecule has 4 rings (SSSR count). The SMILES string of the molecule is CC(C)(C)OC(=O)N1CCC(c2cc(=O)[nH]c3c(C(=O)N4CC(F)C4F)cnn23)CC1. The molecule has 0 radical (unpaired) electrons. The predicted molar refractivity (Wildman–Crippen MR) is 106 cm³/mol. The van der Waals surface area contributed by atoms with E-state index in [1.165, 1.54) is 16.8 Å². The predicted octanol–water partition coefficient (Wildman–Crippen LogP) is 2.23. The van der Waals surface area contributed by atoms with Crippen LogP contribution < -0.4 is 5.56 Å². The van der Waals surface area contributed by atoms with Gasteiger partial charge in [0.15, 0.2) is 6.17 Å². The summed E-state index contributed by atoms with van der Waals surface area (Å²) in [4.78, 5) is 42.1. The average Bonchev–Trinajstić information content (AvgIpc) is 3.13. The summed E-state index contributed by atoms with van der Waals surface area (Å²) in [7, 11) is 0. The number of ether oxygens (including phenoxy) is 1. The Morgan fingerprint density at radius 3 is 2.48 bits per heavy atom. The zero-order valence-corrected chi connectivity index (χ0v) is 17.6. The summed E-state index contributed by atoms with van der Waals surface area (Å²) in [6.45, 7) is 6.00. The van der Waals surface area contributed by atoms with Gasteiger partial charge in [-0.1, -0.05) is 0 Å². The smallest absolute Gasteiger partial charge is 0.410 e. The Hall–Kier alpha value is -2.98. The highest BCUT2D eigenvalue weighted by Crippen LogP contribution is 2.30. The Balaban J connectivity index is 1.54. The molecule has 1 N–H and O–H groups in total. The first kappa shape index (κ1) is 21.3. The number of H-pyrrole nitrogens is 1. The van der Waals surface area contributed by atoms with Crippen molar-refractivity contribution in [1.29, 1.82) is 0 Å². The second-order valence-electron chi connectivity index (χ2n) is 8.96. The van der Waals surface area contributed by atoms with Gasteiger partial charge in [0.2, 0.25) is 6.30 Å². The van der Waals surface area contributed by atoms with Gasteiger partial charge in [0.1, 0.15) is 16.8 Å². The molecule has 2 aromatic rings. The molecule has 2 atom stereocenters. The Kier molecular flexibility index (Phi) is 5.22. The second-order valence-corrected chi connectivity index (χ2v) is 8.96. The van der Waals surface area contributed by atoms with E-state index in [2.05, 4.69) is 10.1 Å². The Bertz CT molecular complexity index is 1070. The largest absolute Gasteiger partial charge is 0.444 e. The van der Waals surface area contributed by atoms with Crippen LogP contribution in [-0.4, -0.2) is 74.1 Å². The summed E-state index contributed by atoms with van der Waals surface area (Å²) in [6.07, 6.45) is -1.64. The molecular formula is C20H25F2N5O4. The third-order valence-electron chi connectivity index (χ3n) is 5.56. The van der Waals surface area contributed by atoms with Crippen molar-refractivity contribution in [1.82, 2.24) is 24.4 Å². The van der Waals surface area contributed by atoms with Gasteiger partial charge in [0.25, 0.3) is 11.5 Å². The van der Waals surface area contributed by atoms with Gasteiger partial charge in [-0.2, -0.15) is 5.10 Å². The van der Waals surface area contributed by atoms with Crippen molar-refractivity contribution in [3.63, 3.8) is 0 Å². The van der Waals surface area contributed by atoms with E-state index in [0.717, 1.165) is 4.90 Å². The van der Waals surface area contributed by atoms with Crippen molar-refractivity contribution in [3.8, 4) is 0 Å². The van der Waals surface area contributed by atoms with E-state index >= 15 is 0 Å². The second kappa shape index (κ2) is 7.61. The molecule has 2 aliphatic heterocycles. The molecule has 9 nitrogen and oxygen atoms in total. The van der Waals surface area contributed by atoms with E-state index in [9.17, 15) is 23.2 Å². The van der Waals surface area contributed by atoms with E-state index in [-0.39, 0.29) is 29.8 Å². The summed E-state index contributed by atoms with van der Waals surface area (Å²) in [5.41, 5.74) is -0.237. The first-order valence-corrected chi connectivity index (χ1v) is 10.2. The monoisotopic (exact) mass is 437 g/mol. The van der Waals surface area contributed by atoms with Gasteiger partial charge in [-0.25, -0.2) is 18.1 Å². The highest BCUT2D eigenvalue weighted by molar-refractivity contribution is 6.00. The van der Waals surface area contributed by atoms with Crippen LogP contribution in [0.25, 0.3) is 5.65 Å². The van der Waals surface area contributed by atoms with Crippen molar-refractivity contribution >= 4 is 17.6 Å². The highest BCUT2D eigenvalue weighted by Gasteiger charge is 2.44. The molecule has 2 saturated heterocycles. The number of carbonyl (C=O) groups is 2. The molecule has 2 amide bonds. The fourth-order valence-corrected chi connectivity index (χ4v) is 3.93. The lowest BCUT2D eigenvalue weighted by Gasteiger charge is -2.38. The van der Waals surface area contributed by atoms with Crippen LogP contribution >= 0.6 is 0 Å². The summed E-state index contributed by atoms with van der Waals surface area (Å²) in [5.74, 6) is -0.788. The molecular weight excluding hydrogens is 412 g/mol. The lowest BCUT2D eigenvalue weighted by atomic mass is 9.93. The van der Waals surface area contributed by atoms with Crippen LogP contribution in [0.2, 0.25) is 0 Å². The minimum absolute atomic E-state index is 0.0136. The van der Waals surface area contributed by atoms with E-state index in [0.29, 0.717) is 31.6 Å². The number of hydrogen-bond donors (Lipinski definition) is 1. The normalized spacial score (nSPS) is 22.5. The number of aromatic amines is 1. The molecule has 0 aliphatic carbocycles. The number of nitrogens with one attached hydrogen (secondary N) is 1. The molecule has 2 aliphatic rings. The van der Waals surface area contributed by atoms with Crippen LogP contribution in [0.5, 0.6) is 0 Å². The maximum absolute atomic E-state index is 13.7. The van der Waals surface area contributed by atoms with Gasteiger partial charge in [-0.05, 0) is 33.6 Å². The van der Waals surface area contributed by atoms with Crippen LogP contribution in [0.4, 0.5) is 13.6 Å². The van der Waals surface area contributed by atoms with Crippen LogP contribution in [-0.2, 0) is 4.74 Å². The van der Waals surface area contributed by atoms with Crippen LogP contribution in [0, 0.1) is 0 Å². The summed E-state index contributed by atoms with van der Waals surface area (Å²) in [5, 5.41) is 4.22. The van der Waals surface area contributed by atoms with Crippen molar-refractivity contribution in [2.24, 2.45) is 0 Å². The topological polar surface area (TPSA) is 100 Å². The Morgan fingerprint density at radius 2 is 1.90 bits per heavy atom. The minimum atomic E-state index is -1.99. The van der Waals surface area contributed by atoms with Crippen LogP contribution in [0.15, 0.2) is 17.1 Å². The molecule has 0 bridgehead atoms. The number of aromatic nitrogens is 3. The highest BCUT2D eigenvalue weighted by atomic mass is 19.2. The van der Waals surface area contributed by atoms with Gasteiger partial charge in [0, 0.05) is 25.1 Å². The standard InChI is InChI=1S/C20H25F2N5O4/c1-20(2,3)31-19(30)25-6-4-11(5-7-25)14-8-15(28)24-17-12(9-23-27(14)17)18(29)26-10-13(21)16(26)22/h8-9,11,13,16H,4-7,10H2,1-3H3,(H,24,28). The molecule has 2 fully saturated rings. The van der Waals surface area contributed by atoms with E-state index < -0.39 is 29.5 Å². The summed E-state index contributed by atoms with van der Waals surface area (Å²) < 4.78 is 33.7. The van der Waals surface area contributed by atoms with E-state index in [4.69, 9.17) is 4.74 Å². The first-order chi connectivity index (χ1) is 14.5. The van der Waals surface area contributed by atoms with Crippen LogP contribution in [0.1, 0.15) is 55.6 Å². The number of nitrogens with zero attached hydrogens (tertiary/aromatic N) is 4. The third-order valence-corrected chi connectivity index (χ3v) is 5.56. The van der Waals surface area contributed by atoms with E-state index in [1.807, 2.05) is 0 Å². The van der Waals surface area contributed by atoms with Gasteiger partial charge in [-0.15, -0.1) is 0 Å². The van der Waals surface area contributed by atoms with Crippen molar-refractivity contribution in [2.75, 3.05) is 19.6 Å². The molecule has 31 heavy (non-hydrogen) atoms. The summed E-state index contributed by atoms with van der Waals surface area (Å²) in [6, 6.07) is 1.42. The number of likely N-dealkylation sites (tertiary alicyclic amines) is 2. The van der Waals surface area contributed by atoms with Crippen molar-refractivity contribution < 1.29 is 23.1 Å². The number of fused-ring (bicyclic) bond motifs is 1. The molecule has 168 valence electrons. The quantitative estimate of drug-likeness (QED) is 0.727. The number of piperidine rings is 1. The number of alkyl halides is 2. The fraction of sp³-hybridized carbons (Fsp3) is 0.600. The number of hydrogen-bond acceptors (Lipinski definition) is 5. The Morgan fingerprint density at radius 1 is 1.23 bits per heavy atom. The summed E-state index contributed by atoms with van der Waals surface area (Å²) >= 11 is 0. The van der Waals surface area contributed by atoms with Gasteiger partial charge < -0.3 is 19.5 Å². The number of amides is 2. The number of carbonyl (C=O) groups excluding carboxylic acids is 2. The zero-order chi connectivity index (χ0) is 22.5. The lowest BCUT2D eigenvalue weighted by Crippen LogP contribution is -2.58. The maximum atomic E-state index is 13.7. The molecule has 0 aromatic carbocycles. The number of halogens is 2. The molecule has 0 spiro atoms. The third kappa shape index (κ3) is 4.00. The molecule has 2 aromatic heterocycles. The fourth-order valence-electron chi connectivity index (χ4n) is 3.93. The van der Waals surface area contributed by atoms with Gasteiger partial charge in [0.05, 0.1) is 18.4 Å². The lowest BCUT2D eigenvalue weighted by molar-refractivity contribution is -0.0641. The van der Waals surface area contributed by atoms with Gasteiger partial charge >= 0.3 is 6.09 Å².